The molecule has 0 bridgehead atoms. The molecule has 0 radical (unpaired) electrons. The Balaban J connectivity index is 1.89. The van der Waals surface area contributed by atoms with Crippen molar-refractivity contribution in [3.63, 3.8) is 0 Å². The number of carbonyl (C=O) groups is 1. The van der Waals surface area contributed by atoms with Crippen molar-refractivity contribution in [2.45, 2.75) is 13.8 Å². The van der Waals surface area contributed by atoms with Crippen LogP contribution in [-0.2, 0) is 0 Å². The number of ether oxygens (including phenoxy) is 1. The van der Waals surface area contributed by atoms with Crippen molar-refractivity contribution in [1.82, 2.24) is 14.4 Å². The monoisotopic (exact) mass is 327 g/mol. The topological polar surface area (TPSA) is 37.7 Å². The van der Waals surface area contributed by atoms with Gasteiger partial charge in [0, 0.05) is 43.3 Å². The van der Waals surface area contributed by atoms with Gasteiger partial charge in [0.1, 0.15) is 5.75 Å². The Morgan fingerprint density at radius 2 is 1.67 bits per heavy atom. The van der Waals surface area contributed by atoms with Crippen LogP contribution >= 0.6 is 0 Å². The summed E-state index contributed by atoms with van der Waals surface area (Å²) in [5.74, 6) is 0.964. The summed E-state index contributed by atoms with van der Waals surface area (Å²) in [4.78, 5) is 17.1. The number of methoxy groups -OCH3 is 1. The Hall–Kier alpha value is -2.27. The highest BCUT2D eigenvalue weighted by Gasteiger charge is 2.24. The molecule has 2 heterocycles. The van der Waals surface area contributed by atoms with Crippen molar-refractivity contribution in [2.75, 3.05) is 40.3 Å². The number of piperazine rings is 1. The molecule has 0 spiro atoms. The van der Waals surface area contributed by atoms with Crippen LogP contribution in [0.25, 0.3) is 5.69 Å². The van der Waals surface area contributed by atoms with Gasteiger partial charge in [0.05, 0.1) is 12.7 Å². The average Bonchev–Trinajstić information content (AvgIpc) is 2.89. The van der Waals surface area contributed by atoms with Crippen molar-refractivity contribution < 1.29 is 9.53 Å². The Kier molecular flexibility index (Phi) is 4.62. The summed E-state index contributed by atoms with van der Waals surface area (Å²) in [6.45, 7) is 7.51. The molecule has 1 saturated heterocycles. The largest absolute Gasteiger partial charge is 0.497 e. The number of aryl methyl sites for hydroxylation is 1. The average molecular weight is 327 g/mol. The van der Waals surface area contributed by atoms with Gasteiger partial charge in [-0.3, -0.25) is 4.79 Å². The molecule has 24 heavy (non-hydrogen) atoms. The van der Waals surface area contributed by atoms with Crippen molar-refractivity contribution in [3.05, 3.63) is 47.3 Å². The van der Waals surface area contributed by atoms with Crippen molar-refractivity contribution >= 4 is 5.91 Å². The fraction of sp³-hybridized carbons (Fsp3) is 0.421. The standard InChI is InChI=1S/C19H25N3O2/c1-14-13-18(19(23)21-11-9-20(3)10-12-21)15(2)22(14)16-5-7-17(24-4)8-6-16/h5-8,13H,9-12H2,1-4H3. The maximum absolute atomic E-state index is 12.9. The van der Waals surface area contributed by atoms with Crippen LogP contribution < -0.4 is 4.74 Å². The van der Waals surface area contributed by atoms with Gasteiger partial charge in [0.2, 0.25) is 0 Å². The van der Waals surface area contributed by atoms with E-state index < -0.39 is 0 Å². The van der Waals surface area contributed by atoms with E-state index in [1.54, 1.807) is 7.11 Å². The lowest BCUT2D eigenvalue weighted by Gasteiger charge is -2.32. The number of hydrogen-bond donors (Lipinski definition) is 0. The Bertz CT molecular complexity index is 726. The van der Waals surface area contributed by atoms with E-state index in [9.17, 15) is 4.79 Å². The van der Waals surface area contributed by atoms with Gasteiger partial charge in [-0.05, 0) is 51.2 Å². The zero-order chi connectivity index (χ0) is 17.3. The quantitative estimate of drug-likeness (QED) is 0.869. The van der Waals surface area contributed by atoms with Crippen molar-refractivity contribution in [3.8, 4) is 11.4 Å². The molecule has 0 atom stereocenters. The van der Waals surface area contributed by atoms with Gasteiger partial charge in [0.15, 0.2) is 0 Å². The number of likely N-dealkylation sites (N-methyl/N-ethyl adjacent to an activating group) is 1. The highest BCUT2D eigenvalue weighted by Crippen LogP contribution is 2.24. The van der Waals surface area contributed by atoms with Gasteiger partial charge < -0.3 is 19.1 Å². The molecule has 5 heteroatoms. The van der Waals surface area contributed by atoms with E-state index >= 15 is 0 Å². The second kappa shape index (κ2) is 6.69. The van der Waals surface area contributed by atoms with Gasteiger partial charge in [-0.1, -0.05) is 0 Å². The third-order valence-corrected chi connectivity index (χ3v) is 4.78. The minimum atomic E-state index is 0.135. The van der Waals surface area contributed by atoms with Crippen LogP contribution in [-0.4, -0.2) is 60.6 Å². The summed E-state index contributed by atoms with van der Waals surface area (Å²) in [5, 5.41) is 0. The van der Waals surface area contributed by atoms with E-state index in [-0.39, 0.29) is 5.91 Å². The van der Waals surface area contributed by atoms with E-state index in [0.29, 0.717) is 0 Å². The maximum Gasteiger partial charge on any atom is 0.255 e. The first-order valence-corrected chi connectivity index (χ1v) is 8.32. The first-order chi connectivity index (χ1) is 11.5. The Labute approximate surface area is 143 Å². The molecule has 5 nitrogen and oxygen atoms in total. The first-order valence-electron chi connectivity index (χ1n) is 8.32. The van der Waals surface area contributed by atoms with Gasteiger partial charge in [-0.15, -0.1) is 0 Å². The fourth-order valence-corrected chi connectivity index (χ4v) is 3.29. The number of hydrogen-bond acceptors (Lipinski definition) is 3. The van der Waals surface area contributed by atoms with E-state index in [4.69, 9.17) is 4.74 Å². The van der Waals surface area contributed by atoms with Gasteiger partial charge in [-0.25, -0.2) is 0 Å². The maximum atomic E-state index is 12.9. The zero-order valence-electron chi connectivity index (χ0n) is 14.9. The van der Waals surface area contributed by atoms with E-state index in [0.717, 1.165) is 54.6 Å². The summed E-state index contributed by atoms with van der Waals surface area (Å²) in [5.41, 5.74) is 3.90. The van der Waals surface area contributed by atoms with Crippen molar-refractivity contribution in [2.24, 2.45) is 0 Å². The zero-order valence-corrected chi connectivity index (χ0v) is 14.9. The summed E-state index contributed by atoms with van der Waals surface area (Å²) < 4.78 is 7.35. The lowest BCUT2D eigenvalue weighted by Crippen LogP contribution is -2.47. The van der Waals surface area contributed by atoms with Crippen LogP contribution in [0.1, 0.15) is 21.7 Å². The first kappa shape index (κ1) is 16.6. The smallest absolute Gasteiger partial charge is 0.255 e. The second-order valence-corrected chi connectivity index (χ2v) is 6.41. The third-order valence-electron chi connectivity index (χ3n) is 4.78. The van der Waals surface area contributed by atoms with Crippen LogP contribution in [0, 0.1) is 13.8 Å². The molecule has 1 aliphatic rings. The molecule has 1 amide bonds. The predicted molar refractivity (Wildman–Crippen MR) is 95.2 cm³/mol. The van der Waals surface area contributed by atoms with Crippen LogP contribution in [0.3, 0.4) is 0 Å². The number of benzene rings is 1. The molecule has 3 rings (SSSR count). The van der Waals surface area contributed by atoms with E-state index in [1.165, 1.54) is 0 Å². The number of aromatic nitrogens is 1. The molecule has 2 aromatic rings. The summed E-state index contributed by atoms with van der Waals surface area (Å²) in [7, 11) is 3.76. The molecular weight excluding hydrogens is 302 g/mol. The molecule has 0 N–H and O–H groups in total. The van der Waals surface area contributed by atoms with Crippen LogP contribution in [0.2, 0.25) is 0 Å². The van der Waals surface area contributed by atoms with Crippen LogP contribution in [0.4, 0.5) is 0 Å². The second-order valence-electron chi connectivity index (χ2n) is 6.41. The lowest BCUT2D eigenvalue weighted by molar-refractivity contribution is 0.0663. The highest BCUT2D eigenvalue weighted by atomic mass is 16.5. The van der Waals surface area contributed by atoms with Crippen LogP contribution in [0.5, 0.6) is 5.75 Å². The number of carbonyl (C=O) groups excluding carboxylic acids is 1. The van der Waals surface area contributed by atoms with Gasteiger partial charge in [-0.2, -0.15) is 0 Å². The van der Waals surface area contributed by atoms with Crippen LogP contribution in [0.15, 0.2) is 30.3 Å². The fourth-order valence-electron chi connectivity index (χ4n) is 3.29. The molecule has 1 aromatic heterocycles. The number of rotatable bonds is 3. The number of amides is 1. The van der Waals surface area contributed by atoms with Gasteiger partial charge >= 0.3 is 0 Å². The summed E-state index contributed by atoms with van der Waals surface area (Å²) in [6, 6.07) is 9.92. The lowest BCUT2D eigenvalue weighted by atomic mass is 10.2. The third kappa shape index (κ3) is 3.04. The molecule has 0 unspecified atom stereocenters. The van der Waals surface area contributed by atoms with E-state index in [1.807, 2.05) is 49.1 Å². The highest BCUT2D eigenvalue weighted by molar-refractivity contribution is 5.96. The minimum Gasteiger partial charge on any atom is -0.497 e. The SMILES string of the molecule is COc1ccc(-n2c(C)cc(C(=O)N3CCN(C)CC3)c2C)cc1. The number of nitrogens with zero attached hydrogens (tertiary/aromatic N) is 3. The van der Waals surface area contributed by atoms with Crippen molar-refractivity contribution in [1.29, 1.82) is 0 Å². The summed E-state index contributed by atoms with van der Waals surface area (Å²) in [6.07, 6.45) is 0. The molecular formula is C19H25N3O2. The molecule has 0 saturated carbocycles. The Morgan fingerprint density at radius 3 is 2.25 bits per heavy atom. The predicted octanol–water partition coefficient (Wildman–Crippen LogP) is 2.49. The molecule has 1 aliphatic heterocycles. The minimum absolute atomic E-state index is 0.135. The summed E-state index contributed by atoms with van der Waals surface area (Å²) >= 11 is 0. The van der Waals surface area contributed by atoms with Gasteiger partial charge in [0.25, 0.3) is 5.91 Å². The molecule has 1 fully saturated rings. The molecule has 1 aromatic carbocycles. The van der Waals surface area contributed by atoms with E-state index in [2.05, 4.69) is 16.5 Å². The molecule has 0 aliphatic carbocycles. The normalized spacial score (nSPS) is 15.6. The molecule has 128 valence electrons. The Morgan fingerprint density at radius 1 is 1.04 bits per heavy atom.